The number of nitrogens with zero attached hydrogens (tertiary/aromatic N) is 1. The van der Waals surface area contributed by atoms with Gasteiger partial charge in [-0.15, -0.1) is 0 Å². The molecular weight excluding hydrogens is 278 g/mol. The molecule has 0 aliphatic carbocycles. The minimum atomic E-state index is -0.512. The molecule has 0 saturated heterocycles. The highest BCUT2D eigenvalue weighted by Gasteiger charge is 2.09. The largest absolute Gasteiger partial charge is 0.289 e. The molecule has 0 fully saturated rings. The predicted molar refractivity (Wildman–Crippen MR) is 89.0 cm³/mol. The van der Waals surface area contributed by atoms with Gasteiger partial charge in [0.05, 0.1) is 4.92 Å². The normalized spacial score (nSPS) is 9.95. The maximum Gasteiger partial charge on any atom is 0.270 e. The zero-order chi connectivity index (χ0) is 16.5. The molecule has 0 unspecified atom stereocenters. The average molecular weight is 297 g/mol. The summed E-state index contributed by atoms with van der Waals surface area (Å²) in [5, 5.41) is 10.7. The molecule has 2 rings (SSSR count). The Labute approximate surface area is 130 Å². The lowest BCUT2D eigenvalue weighted by Gasteiger charge is -1.99. The summed E-state index contributed by atoms with van der Waals surface area (Å²) in [6.07, 6.45) is 3.15. The smallest absolute Gasteiger partial charge is 0.270 e. The molecule has 0 bridgehead atoms. The van der Waals surface area contributed by atoms with Crippen molar-refractivity contribution in [2.75, 3.05) is 0 Å². The number of nitro benzene ring substituents is 1. The Kier molecular flexibility index (Phi) is 6.70. The van der Waals surface area contributed by atoms with Crippen LogP contribution in [0.4, 0.5) is 5.69 Å². The standard InChI is InChI=1S/C16H13NO3.C2H6/c1-12-5-2-3-6-13(12)9-10-16(18)14-7-4-8-15(11-14)17(19)20;1-2/h2-11H,1H3;1-2H3/b10-9+;. The van der Waals surface area contributed by atoms with Crippen molar-refractivity contribution < 1.29 is 9.72 Å². The Hall–Kier alpha value is -2.75. The van der Waals surface area contributed by atoms with Crippen molar-refractivity contribution in [3.63, 3.8) is 0 Å². The van der Waals surface area contributed by atoms with Gasteiger partial charge in [-0.2, -0.15) is 0 Å². The fourth-order valence-electron chi connectivity index (χ4n) is 1.81. The van der Waals surface area contributed by atoms with Crippen molar-refractivity contribution in [3.05, 3.63) is 81.4 Å². The highest BCUT2D eigenvalue weighted by atomic mass is 16.6. The molecule has 0 saturated carbocycles. The Morgan fingerprint density at radius 1 is 1.09 bits per heavy atom. The predicted octanol–water partition coefficient (Wildman–Crippen LogP) is 4.83. The number of ketones is 1. The second-order valence-corrected chi connectivity index (χ2v) is 4.36. The quantitative estimate of drug-likeness (QED) is 0.351. The molecule has 0 aliphatic rings. The summed E-state index contributed by atoms with van der Waals surface area (Å²) in [5.41, 5.74) is 2.24. The third kappa shape index (κ3) is 4.66. The molecule has 114 valence electrons. The van der Waals surface area contributed by atoms with E-state index in [1.165, 1.54) is 24.3 Å². The number of carbonyl (C=O) groups excluding carboxylic acids is 1. The topological polar surface area (TPSA) is 60.2 Å². The molecule has 0 aromatic heterocycles. The van der Waals surface area contributed by atoms with E-state index in [1.54, 1.807) is 12.1 Å². The first-order valence-corrected chi connectivity index (χ1v) is 7.10. The van der Waals surface area contributed by atoms with E-state index >= 15 is 0 Å². The average Bonchev–Trinajstić information content (AvgIpc) is 2.56. The fraction of sp³-hybridized carbons (Fsp3) is 0.167. The molecule has 4 nitrogen and oxygen atoms in total. The first-order valence-electron chi connectivity index (χ1n) is 7.10. The molecule has 0 amide bonds. The van der Waals surface area contributed by atoms with Gasteiger partial charge in [0.2, 0.25) is 0 Å². The van der Waals surface area contributed by atoms with Crippen LogP contribution in [0.1, 0.15) is 35.3 Å². The maximum absolute atomic E-state index is 12.0. The molecule has 0 aliphatic heterocycles. The van der Waals surface area contributed by atoms with Gasteiger partial charge in [-0.3, -0.25) is 14.9 Å². The summed E-state index contributed by atoms with van der Waals surface area (Å²) in [6, 6.07) is 13.4. The molecule has 4 heteroatoms. The van der Waals surface area contributed by atoms with Gasteiger partial charge in [0.1, 0.15) is 0 Å². The SMILES string of the molecule is CC.Cc1ccccc1/C=C/C(=O)c1cccc([N+](=O)[O-])c1. The number of hydrogen-bond donors (Lipinski definition) is 0. The fourth-order valence-corrected chi connectivity index (χ4v) is 1.81. The van der Waals surface area contributed by atoms with Crippen molar-refractivity contribution in [1.29, 1.82) is 0 Å². The second kappa shape index (κ2) is 8.52. The van der Waals surface area contributed by atoms with Crippen molar-refractivity contribution in [3.8, 4) is 0 Å². The van der Waals surface area contributed by atoms with Crippen LogP contribution >= 0.6 is 0 Å². The van der Waals surface area contributed by atoms with Crippen molar-refractivity contribution in [1.82, 2.24) is 0 Å². The van der Waals surface area contributed by atoms with Gasteiger partial charge < -0.3 is 0 Å². The molecule has 0 atom stereocenters. The van der Waals surface area contributed by atoms with Gasteiger partial charge in [0.25, 0.3) is 5.69 Å². The van der Waals surface area contributed by atoms with E-state index in [2.05, 4.69) is 0 Å². The summed E-state index contributed by atoms with van der Waals surface area (Å²) in [5.74, 6) is -0.253. The van der Waals surface area contributed by atoms with E-state index in [9.17, 15) is 14.9 Å². The summed E-state index contributed by atoms with van der Waals surface area (Å²) < 4.78 is 0. The molecule has 0 heterocycles. The lowest BCUT2D eigenvalue weighted by atomic mass is 10.1. The number of rotatable bonds is 4. The van der Waals surface area contributed by atoms with Crippen LogP contribution in [-0.2, 0) is 0 Å². The zero-order valence-corrected chi connectivity index (χ0v) is 12.9. The summed E-state index contributed by atoms with van der Waals surface area (Å²) >= 11 is 0. The van der Waals surface area contributed by atoms with Gasteiger partial charge in [-0.1, -0.05) is 56.3 Å². The van der Waals surface area contributed by atoms with Crippen LogP contribution in [0, 0.1) is 17.0 Å². The van der Waals surface area contributed by atoms with Gasteiger partial charge in [0.15, 0.2) is 5.78 Å². The highest BCUT2D eigenvalue weighted by Crippen LogP contribution is 2.15. The van der Waals surface area contributed by atoms with Gasteiger partial charge in [-0.25, -0.2) is 0 Å². The van der Waals surface area contributed by atoms with Gasteiger partial charge in [0, 0.05) is 17.7 Å². The number of allylic oxidation sites excluding steroid dienone is 1. The molecule has 0 spiro atoms. The van der Waals surface area contributed by atoms with Crippen molar-refractivity contribution in [2.45, 2.75) is 20.8 Å². The monoisotopic (exact) mass is 297 g/mol. The summed E-state index contributed by atoms with van der Waals surface area (Å²) in [4.78, 5) is 22.2. The van der Waals surface area contributed by atoms with Crippen LogP contribution in [0.5, 0.6) is 0 Å². The Bertz CT molecular complexity index is 690. The third-order valence-corrected chi connectivity index (χ3v) is 2.94. The number of benzene rings is 2. The molecule has 0 N–H and O–H groups in total. The first kappa shape index (κ1) is 17.3. The molecule has 0 radical (unpaired) electrons. The van der Waals surface area contributed by atoms with Gasteiger partial charge in [-0.05, 0) is 24.1 Å². The number of non-ortho nitro benzene ring substituents is 1. The molecule has 2 aromatic rings. The number of aryl methyl sites for hydroxylation is 1. The Balaban J connectivity index is 0.00000116. The number of nitro groups is 1. The zero-order valence-electron chi connectivity index (χ0n) is 12.9. The highest BCUT2D eigenvalue weighted by molar-refractivity contribution is 6.07. The second-order valence-electron chi connectivity index (χ2n) is 4.36. The first-order chi connectivity index (χ1) is 10.6. The van der Waals surface area contributed by atoms with Crippen molar-refractivity contribution in [2.24, 2.45) is 0 Å². The summed E-state index contributed by atoms with van der Waals surface area (Å²) in [6.45, 7) is 5.96. The Morgan fingerprint density at radius 3 is 2.41 bits per heavy atom. The lowest BCUT2D eigenvalue weighted by Crippen LogP contribution is -1.96. The van der Waals surface area contributed by atoms with Crippen LogP contribution in [0.15, 0.2) is 54.6 Å². The molecular formula is C18H19NO3. The van der Waals surface area contributed by atoms with Crippen LogP contribution < -0.4 is 0 Å². The van der Waals surface area contributed by atoms with Gasteiger partial charge >= 0.3 is 0 Å². The third-order valence-electron chi connectivity index (χ3n) is 2.94. The van der Waals surface area contributed by atoms with Crippen LogP contribution in [-0.4, -0.2) is 10.7 Å². The Morgan fingerprint density at radius 2 is 1.77 bits per heavy atom. The minimum absolute atomic E-state index is 0.0832. The van der Waals surface area contributed by atoms with E-state index in [1.807, 2.05) is 45.0 Å². The van der Waals surface area contributed by atoms with E-state index in [-0.39, 0.29) is 11.5 Å². The van der Waals surface area contributed by atoms with E-state index in [0.717, 1.165) is 11.1 Å². The minimum Gasteiger partial charge on any atom is -0.289 e. The number of hydrogen-bond acceptors (Lipinski definition) is 3. The van der Waals surface area contributed by atoms with E-state index in [0.29, 0.717) is 5.56 Å². The van der Waals surface area contributed by atoms with Crippen LogP contribution in [0.3, 0.4) is 0 Å². The molecule has 2 aromatic carbocycles. The summed E-state index contributed by atoms with van der Waals surface area (Å²) in [7, 11) is 0. The van der Waals surface area contributed by atoms with Crippen LogP contribution in [0.2, 0.25) is 0 Å². The van der Waals surface area contributed by atoms with E-state index in [4.69, 9.17) is 0 Å². The van der Waals surface area contributed by atoms with E-state index < -0.39 is 4.92 Å². The molecule has 22 heavy (non-hydrogen) atoms. The number of carbonyl (C=O) groups is 1. The maximum atomic E-state index is 12.0. The lowest BCUT2D eigenvalue weighted by molar-refractivity contribution is -0.384. The van der Waals surface area contributed by atoms with Crippen LogP contribution in [0.25, 0.3) is 6.08 Å². The van der Waals surface area contributed by atoms with Crippen molar-refractivity contribution >= 4 is 17.5 Å².